The van der Waals surface area contributed by atoms with E-state index in [-0.39, 0.29) is 35.0 Å². The molecule has 30 heavy (non-hydrogen) atoms. The van der Waals surface area contributed by atoms with Crippen LogP contribution in [-0.2, 0) is 9.59 Å². The Morgan fingerprint density at radius 1 is 1.37 bits per heavy atom. The molecule has 5 N–H and O–H groups in total. The zero-order valence-corrected chi connectivity index (χ0v) is 16.7. The summed E-state index contributed by atoms with van der Waals surface area (Å²) in [6.07, 6.45) is -5.47. The average Bonchev–Trinajstić information content (AvgIpc) is 2.61. The highest BCUT2D eigenvalue weighted by Crippen LogP contribution is 2.40. The number of carbonyl (C=O) groups is 2. The van der Waals surface area contributed by atoms with E-state index in [1.807, 2.05) is 0 Å². The topological polar surface area (TPSA) is 126 Å². The summed E-state index contributed by atoms with van der Waals surface area (Å²) in [5.74, 6) is -2.68. The number of carbonyl (C=O) groups excluding carboxylic acids is 1. The van der Waals surface area contributed by atoms with Gasteiger partial charge in [-0.1, -0.05) is 18.0 Å². The van der Waals surface area contributed by atoms with Gasteiger partial charge in [0, 0.05) is 17.0 Å². The summed E-state index contributed by atoms with van der Waals surface area (Å²) < 4.78 is 45.8. The Kier molecular flexibility index (Phi) is 7.35. The zero-order valence-electron chi connectivity index (χ0n) is 16.0. The van der Waals surface area contributed by atoms with Crippen LogP contribution in [0.4, 0.5) is 13.2 Å². The van der Waals surface area contributed by atoms with Crippen molar-refractivity contribution in [2.75, 3.05) is 0 Å². The monoisotopic (exact) mass is 447 g/mol. The fraction of sp³-hybridized carbons (Fsp3) is 0.421. The minimum Gasteiger partial charge on any atom is -0.480 e. The van der Waals surface area contributed by atoms with Crippen LogP contribution in [0, 0.1) is 12.3 Å². The minimum atomic E-state index is -4.90. The van der Waals surface area contributed by atoms with Crippen LogP contribution >= 0.6 is 11.6 Å². The van der Waals surface area contributed by atoms with Crippen LogP contribution in [0.25, 0.3) is 6.08 Å². The number of alkyl halides is 3. The third-order valence-corrected chi connectivity index (χ3v) is 4.67. The average molecular weight is 448 g/mol. The summed E-state index contributed by atoms with van der Waals surface area (Å²) >= 11 is 5.95. The van der Waals surface area contributed by atoms with Gasteiger partial charge in [0.15, 0.2) is 0 Å². The van der Waals surface area contributed by atoms with Gasteiger partial charge in [0.1, 0.15) is 11.8 Å². The number of ether oxygens (including phenoxy) is 1. The number of nitrogens with one attached hydrogen (secondary N) is 2. The van der Waals surface area contributed by atoms with Crippen molar-refractivity contribution < 1.29 is 32.6 Å². The van der Waals surface area contributed by atoms with Crippen LogP contribution in [0.3, 0.4) is 0 Å². The summed E-state index contributed by atoms with van der Waals surface area (Å²) in [5, 5.41) is 18.8. The maximum Gasteiger partial charge on any atom is 0.429 e. The van der Waals surface area contributed by atoms with Crippen LogP contribution in [0.2, 0.25) is 5.02 Å². The largest absolute Gasteiger partial charge is 0.480 e. The first kappa shape index (κ1) is 23.5. The molecule has 164 valence electrons. The second kappa shape index (κ2) is 9.38. The Morgan fingerprint density at radius 3 is 2.60 bits per heavy atom. The number of halogens is 4. The van der Waals surface area contributed by atoms with Crippen LogP contribution in [0.5, 0.6) is 5.75 Å². The summed E-state index contributed by atoms with van der Waals surface area (Å²) in [7, 11) is 0. The molecule has 1 heterocycles. The van der Waals surface area contributed by atoms with Crippen LogP contribution in [0.15, 0.2) is 17.7 Å². The highest BCUT2D eigenvalue weighted by Gasteiger charge is 2.48. The molecule has 11 heteroatoms. The summed E-state index contributed by atoms with van der Waals surface area (Å²) in [6.45, 7) is 1.53. The van der Waals surface area contributed by atoms with Crippen molar-refractivity contribution in [3.63, 3.8) is 0 Å². The van der Waals surface area contributed by atoms with E-state index in [4.69, 9.17) is 27.5 Å². The van der Waals surface area contributed by atoms with Gasteiger partial charge in [-0.3, -0.25) is 10.2 Å². The number of hydrogen-bond acceptors (Lipinski definition) is 4. The Bertz CT molecular complexity index is 887. The number of aryl methyl sites for hydroxylation is 1. The van der Waals surface area contributed by atoms with Crippen LogP contribution in [-0.4, -0.2) is 41.1 Å². The molecule has 1 aromatic carbocycles. The van der Waals surface area contributed by atoms with E-state index in [9.17, 15) is 27.9 Å². The molecule has 0 bridgehead atoms. The number of benzene rings is 1. The van der Waals surface area contributed by atoms with Crippen molar-refractivity contribution in [1.82, 2.24) is 5.32 Å². The number of carboxylic acids is 1. The van der Waals surface area contributed by atoms with Gasteiger partial charge in [-0.15, -0.1) is 0 Å². The number of carboxylic acid groups (broad SMARTS) is 1. The number of unbranched alkanes of at least 4 members (excludes halogenated alkanes) is 1. The van der Waals surface area contributed by atoms with Gasteiger partial charge < -0.3 is 20.9 Å². The number of amidine groups is 1. The van der Waals surface area contributed by atoms with Crippen LogP contribution < -0.4 is 15.8 Å². The van der Waals surface area contributed by atoms with E-state index in [0.29, 0.717) is 18.4 Å². The van der Waals surface area contributed by atoms with E-state index in [0.717, 1.165) is 6.08 Å². The summed E-state index contributed by atoms with van der Waals surface area (Å²) in [4.78, 5) is 24.0. The molecular weight excluding hydrogens is 427 g/mol. The van der Waals surface area contributed by atoms with Crippen LogP contribution in [0.1, 0.15) is 36.8 Å². The molecule has 0 radical (unpaired) electrons. The number of hydrogen-bond donors (Lipinski definition) is 4. The number of fused-ring (bicyclic) bond motifs is 1. The molecule has 0 aromatic heterocycles. The number of rotatable bonds is 8. The summed E-state index contributed by atoms with van der Waals surface area (Å²) in [5.41, 5.74) is 5.03. The molecule has 1 aliphatic rings. The fourth-order valence-corrected chi connectivity index (χ4v) is 3.32. The van der Waals surface area contributed by atoms with Crippen molar-refractivity contribution >= 4 is 35.4 Å². The molecule has 1 aliphatic heterocycles. The Hall–Kier alpha value is -2.75. The van der Waals surface area contributed by atoms with Gasteiger partial charge in [-0.25, -0.2) is 4.79 Å². The molecule has 0 saturated heterocycles. The van der Waals surface area contributed by atoms with Crippen molar-refractivity contribution in [2.45, 2.75) is 50.9 Å². The smallest absolute Gasteiger partial charge is 0.429 e. The highest BCUT2D eigenvalue weighted by molar-refractivity contribution is 6.30. The van der Waals surface area contributed by atoms with Gasteiger partial charge in [-0.2, -0.15) is 13.2 Å². The van der Waals surface area contributed by atoms with Gasteiger partial charge in [0.25, 0.3) is 5.91 Å². The van der Waals surface area contributed by atoms with Crippen molar-refractivity contribution in [3.05, 3.63) is 33.9 Å². The molecule has 2 rings (SSSR count). The third kappa shape index (κ3) is 5.88. The molecule has 0 fully saturated rings. The Balaban J connectivity index is 2.27. The second-order valence-electron chi connectivity index (χ2n) is 6.92. The lowest BCUT2D eigenvalue weighted by atomic mass is 9.98. The first-order valence-corrected chi connectivity index (χ1v) is 9.39. The molecule has 0 aliphatic carbocycles. The normalized spacial score (nSPS) is 16.7. The first-order valence-electron chi connectivity index (χ1n) is 9.01. The van der Waals surface area contributed by atoms with Crippen molar-refractivity contribution in [2.24, 2.45) is 5.73 Å². The number of aliphatic carboxylic acids is 1. The van der Waals surface area contributed by atoms with E-state index >= 15 is 0 Å². The van der Waals surface area contributed by atoms with Gasteiger partial charge >= 0.3 is 12.1 Å². The second-order valence-corrected chi connectivity index (χ2v) is 7.35. The molecular formula is C19H21ClF3N3O4. The number of amides is 1. The molecule has 1 amide bonds. The maximum atomic E-state index is 13.6. The SMILES string of the molecule is Cc1cc(Cl)cc2c1O[C@H](C(F)(F)F)C(C(=O)N[C@@H](CCCCC(=N)N)C(=O)O)=C2. The third-order valence-electron chi connectivity index (χ3n) is 4.45. The number of nitrogens with two attached hydrogens (primary N) is 1. The molecule has 0 saturated carbocycles. The lowest BCUT2D eigenvalue weighted by Gasteiger charge is -2.30. The highest BCUT2D eigenvalue weighted by atomic mass is 35.5. The predicted octanol–water partition coefficient (Wildman–Crippen LogP) is 3.42. The van der Waals surface area contributed by atoms with E-state index in [1.54, 1.807) is 0 Å². The van der Waals surface area contributed by atoms with Crippen molar-refractivity contribution in [3.8, 4) is 5.75 Å². The summed E-state index contributed by atoms with van der Waals surface area (Å²) in [6, 6.07) is 1.40. The molecule has 2 atom stereocenters. The van der Waals surface area contributed by atoms with E-state index in [2.05, 4.69) is 5.32 Å². The fourth-order valence-electron chi connectivity index (χ4n) is 3.04. The van der Waals surface area contributed by atoms with Gasteiger partial charge in [0.05, 0.1) is 11.4 Å². The molecule has 0 spiro atoms. The Labute approximate surface area is 175 Å². The van der Waals surface area contributed by atoms with Crippen molar-refractivity contribution in [1.29, 1.82) is 5.41 Å². The molecule has 0 unspecified atom stereocenters. The quantitative estimate of drug-likeness (QED) is 0.276. The van der Waals surface area contributed by atoms with Gasteiger partial charge in [0.2, 0.25) is 6.10 Å². The zero-order chi connectivity index (χ0) is 22.6. The molecule has 7 nitrogen and oxygen atoms in total. The maximum absolute atomic E-state index is 13.6. The van der Waals surface area contributed by atoms with E-state index in [1.165, 1.54) is 19.1 Å². The van der Waals surface area contributed by atoms with E-state index < -0.39 is 35.8 Å². The predicted molar refractivity (Wildman–Crippen MR) is 105 cm³/mol. The van der Waals surface area contributed by atoms with Gasteiger partial charge in [-0.05, 0) is 43.5 Å². The first-order chi connectivity index (χ1) is 13.9. The standard InChI is InChI=1S/C19H21ClF3N3O4/c1-9-6-11(20)7-10-8-12(16(19(21,22)23)30-15(9)10)17(27)26-13(18(28)29)4-2-3-5-14(24)25/h6-8,13,16H,2-5H2,1H3,(H3,24,25)(H,26,27)(H,28,29)/t13-,16-/m0/s1. The lowest BCUT2D eigenvalue weighted by molar-refractivity contribution is -0.185. The minimum absolute atomic E-state index is 0.0271. The Morgan fingerprint density at radius 2 is 2.03 bits per heavy atom. The lowest BCUT2D eigenvalue weighted by Crippen LogP contribution is -2.47. The molecule has 1 aromatic rings.